The van der Waals surface area contributed by atoms with E-state index in [2.05, 4.69) is 19.5 Å². The van der Waals surface area contributed by atoms with E-state index in [0.717, 1.165) is 11.8 Å². The molecule has 126 valence electrons. The number of nitrogens with zero attached hydrogens (tertiary/aromatic N) is 4. The van der Waals surface area contributed by atoms with Crippen molar-refractivity contribution in [1.29, 1.82) is 0 Å². The number of rotatable bonds is 4. The maximum absolute atomic E-state index is 10.8. The molecule has 0 saturated carbocycles. The number of aromatic nitrogens is 4. The van der Waals surface area contributed by atoms with Crippen molar-refractivity contribution in [3.05, 3.63) is 18.3 Å². The SMILES string of the molecule is Cc1ncnc2c1ncn2[C@@H]1S[C@H](COP(=O)(O)O)[C@@H](O)[C@H]1O. The smallest absolute Gasteiger partial charge is 0.389 e. The van der Waals surface area contributed by atoms with Crippen LogP contribution >= 0.6 is 19.6 Å². The Hall–Kier alpha value is -1.07. The summed E-state index contributed by atoms with van der Waals surface area (Å²) < 4.78 is 16.8. The quantitative estimate of drug-likeness (QED) is 0.528. The van der Waals surface area contributed by atoms with Crippen LogP contribution in [0.1, 0.15) is 11.1 Å². The van der Waals surface area contributed by atoms with Gasteiger partial charge in [-0.1, -0.05) is 0 Å². The monoisotopic (exact) mass is 362 g/mol. The lowest BCUT2D eigenvalue weighted by atomic mass is 10.1. The fourth-order valence-corrected chi connectivity index (χ4v) is 4.31. The van der Waals surface area contributed by atoms with Crippen LogP contribution in [0, 0.1) is 6.92 Å². The summed E-state index contributed by atoms with van der Waals surface area (Å²) in [6.07, 6.45) is 0.522. The van der Waals surface area contributed by atoms with Gasteiger partial charge in [-0.2, -0.15) is 0 Å². The van der Waals surface area contributed by atoms with Crippen LogP contribution in [-0.4, -0.2) is 63.6 Å². The van der Waals surface area contributed by atoms with Crippen LogP contribution in [0.25, 0.3) is 11.2 Å². The molecule has 12 heteroatoms. The molecule has 2 aromatic rings. The number of aliphatic hydroxyl groups excluding tert-OH is 2. The zero-order valence-electron chi connectivity index (χ0n) is 11.9. The van der Waals surface area contributed by atoms with Gasteiger partial charge in [0.2, 0.25) is 0 Å². The molecule has 2 aromatic heterocycles. The molecule has 0 spiro atoms. The van der Waals surface area contributed by atoms with Gasteiger partial charge < -0.3 is 20.0 Å². The third kappa shape index (κ3) is 3.26. The maximum atomic E-state index is 10.8. The first-order valence-electron chi connectivity index (χ1n) is 6.64. The van der Waals surface area contributed by atoms with Crippen LogP contribution in [0.5, 0.6) is 0 Å². The lowest BCUT2D eigenvalue weighted by Crippen LogP contribution is -2.33. The van der Waals surface area contributed by atoms with Gasteiger partial charge in [-0.25, -0.2) is 19.5 Å². The number of phosphoric acid groups is 1. The Labute approximate surface area is 134 Å². The van der Waals surface area contributed by atoms with Crippen molar-refractivity contribution < 1.29 is 29.1 Å². The van der Waals surface area contributed by atoms with E-state index in [1.165, 1.54) is 12.7 Å². The number of hydrogen-bond acceptors (Lipinski definition) is 8. The fraction of sp³-hybridized carbons (Fsp3) is 0.545. The van der Waals surface area contributed by atoms with E-state index in [0.29, 0.717) is 16.9 Å². The lowest BCUT2D eigenvalue weighted by molar-refractivity contribution is 0.0111. The molecule has 1 aliphatic heterocycles. The molecule has 4 atom stereocenters. The van der Waals surface area contributed by atoms with Crippen molar-refractivity contribution in [2.24, 2.45) is 0 Å². The molecule has 10 nitrogen and oxygen atoms in total. The number of phosphoric ester groups is 1. The van der Waals surface area contributed by atoms with E-state index >= 15 is 0 Å². The van der Waals surface area contributed by atoms with E-state index in [1.807, 2.05) is 0 Å². The van der Waals surface area contributed by atoms with Gasteiger partial charge in [0.05, 0.1) is 30.0 Å². The van der Waals surface area contributed by atoms with Crippen LogP contribution in [0.15, 0.2) is 12.7 Å². The minimum atomic E-state index is -4.64. The van der Waals surface area contributed by atoms with Gasteiger partial charge >= 0.3 is 7.82 Å². The highest BCUT2D eigenvalue weighted by Gasteiger charge is 2.44. The summed E-state index contributed by atoms with van der Waals surface area (Å²) in [6.45, 7) is 1.40. The Kier molecular flexibility index (Phi) is 4.45. The average Bonchev–Trinajstić information content (AvgIpc) is 3.01. The molecule has 1 fully saturated rings. The van der Waals surface area contributed by atoms with Gasteiger partial charge in [0, 0.05) is 0 Å². The Morgan fingerprint density at radius 2 is 2.04 bits per heavy atom. The molecule has 3 rings (SSSR count). The molecular weight excluding hydrogens is 347 g/mol. The molecular formula is C11H15N4O6PS. The number of aliphatic hydroxyl groups is 2. The van der Waals surface area contributed by atoms with Crippen LogP contribution in [0.3, 0.4) is 0 Å². The van der Waals surface area contributed by atoms with Crippen molar-refractivity contribution in [3.8, 4) is 0 Å². The normalized spacial score (nSPS) is 28.6. The first-order valence-corrected chi connectivity index (χ1v) is 9.11. The summed E-state index contributed by atoms with van der Waals surface area (Å²) in [5.41, 5.74) is 1.79. The average molecular weight is 362 g/mol. The highest BCUT2D eigenvalue weighted by molar-refractivity contribution is 8.00. The van der Waals surface area contributed by atoms with Gasteiger partial charge in [-0.3, -0.25) is 9.09 Å². The number of imidazole rings is 1. The molecule has 4 N–H and O–H groups in total. The Balaban J connectivity index is 1.85. The van der Waals surface area contributed by atoms with Crippen molar-refractivity contribution in [2.45, 2.75) is 29.8 Å². The van der Waals surface area contributed by atoms with E-state index in [9.17, 15) is 14.8 Å². The highest BCUT2D eigenvalue weighted by atomic mass is 32.2. The molecule has 1 saturated heterocycles. The van der Waals surface area contributed by atoms with E-state index in [-0.39, 0.29) is 6.61 Å². The van der Waals surface area contributed by atoms with Crippen molar-refractivity contribution >= 4 is 30.7 Å². The summed E-state index contributed by atoms with van der Waals surface area (Å²) >= 11 is 1.14. The lowest BCUT2D eigenvalue weighted by Gasteiger charge is -2.17. The standard InChI is InChI=1S/C11H15N4O6PS/c1-5-7-10(13-3-12-5)15(4-14-7)11-9(17)8(16)6(23-11)2-21-22(18,19)20/h3-4,6,8-9,11,16-17H,2H2,1H3,(H2,18,19,20)/t6-,8-,9-,11-/m1/s1. The zero-order chi connectivity index (χ0) is 16.8. The Bertz CT molecular complexity index is 766. The van der Waals surface area contributed by atoms with Crippen molar-refractivity contribution in [1.82, 2.24) is 19.5 Å². The molecule has 0 aliphatic carbocycles. The van der Waals surface area contributed by atoms with Crippen molar-refractivity contribution in [2.75, 3.05) is 6.61 Å². The topological polar surface area (TPSA) is 151 Å². The summed E-state index contributed by atoms with van der Waals surface area (Å²) in [5.74, 6) is 0. The van der Waals surface area contributed by atoms with Gasteiger partial charge in [-0.05, 0) is 6.92 Å². The molecule has 0 bridgehead atoms. The fourth-order valence-electron chi connectivity index (χ4n) is 2.42. The van der Waals surface area contributed by atoms with E-state index < -0.39 is 30.7 Å². The van der Waals surface area contributed by atoms with Crippen LogP contribution in [-0.2, 0) is 9.09 Å². The van der Waals surface area contributed by atoms with Gasteiger partial charge in [0.15, 0.2) is 5.65 Å². The summed E-state index contributed by atoms with van der Waals surface area (Å²) in [4.78, 5) is 29.9. The second kappa shape index (κ2) is 6.10. The van der Waals surface area contributed by atoms with Crippen LogP contribution in [0.4, 0.5) is 0 Å². The molecule has 3 heterocycles. The summed E-state index contributed by atoms with van der Waals surface area (Å²) in [6, 6.07) is 0. The Morgan fingerprint density at radius 3 is 2.74 bits per heavy atom. The molecule has 23 heavy (non-hydrogen) atoms. The van der Waals surface area contributed by atoms with Gasteiger partial charge in [-0.15, -0.1) is 11.8 Å². The zero-order valence-corrected chi connectivity index (χ0v) is 13.6. The summed E-state index contributed by atoms with van der Waals surface area (Å²) in [7, 11) is -4.64. The predicted molar refractivity (Wildman–Crippen MR) is 80.5 cm³/mol. The second-order valence-corrected chi connectivity index (χ2v) is 7.72. The third-order valence-electron chi connectivity index (χ3n) is 3.56. The predicted octanol–water partition coefficient (Wildman–Crippen LogP) is -0.420. The minimum Gasteiger partial charge on any atom is -0.389 e. The van der Waals surface area contributed by atoms with Crippen LogP contribution in [0.2, 0.25) is 0 Å². The molecule has 1 aliphatic rings. The van der Waals surface area contributed by atoms with E-state index in [4.69, 9.17) is 9.79 Å². The number of aryl methyl sites for hydroxylation is 1. The second-order valence-electron chi connectivity index (χ2n) is 5.12. The minimum absolute atomic E-state index is 0.385. The number of hydrogen-bond donors (Lipinski definition) is 4. The van der Waals surface area contributed by atoms with E-state index in [1.54, 1.807) is 11.5 Å². The number of thioether (sulfide) groups is 1. The third-order valence-corrected chi connectivity index (χ3v) is 5.59. The first-order chi connectivity index (χ1) is 10.8. The maximum Gasteiger partial charge on any atom is 0.469 e. The molecule has 0 radical (unpaired) electrons. The largest absolute Gasteiger partial charge is 0.469 e. The molecule has 0 aromatic carbocycles. The highest BCUT2D eigenvalue weighted by Crippen LogP contribution is 2.45. The number of fused-ring (bicyclic) bond motifs is 1. The van der Waals surface area contributed by atoms with Gasteiger partial charge in [0.25, 0.3) is 0 Å². The molecule has 0 amide bonds. The Morgan fingerprint density at radius 1 is 1.30 bits per heavy atom. The van der Waals surface area contributed by atoms with Crippen molar-refractivity contribution in [3.63, 3.8) is 0 Å². The molecule has 0 unspecified atom stereocenters. The summed E-state index contributed by atoms with van der Waals surface area (Å²) in [5, 5.41) is 19.0. The first kappa shape index (κ1) is 16.8. The van der Waals surface area contributed by atoms with Gasteiger partial charge in [0.1, 0.15) is 23.3 Å². The van der Waals surface area contributed by atoms with Crippen LogP contribution < -0.4 is 0 Å².